The molecule has 0 unspecified atom stereocenters. The number of carbonyl (C=O) groups excluding carboxylic acids is 2. The second-order valence-electron chi connectivity index (χ2n) is 11.0. The molecule has 0 aliphatic carbocycles. The molecular weight excluding hydrogens is 564 g/mol. The maximum Gasteiger partial charge on any atom is 0.404 e. The van der Waals surface area contributed by atoms with Gasteiger partial charge < -0.3 is 50.1 Å². The van der Waals surface area contributed by atoms with Crippen LogP contribution in [0.25, 0.3) is 11.0 Å². The van der Waals surface area contributed by atoms with Gasteiger partial charge in [0.05, 0.1) is 11.0 Å². The van der Waals surface area contributed by atoms with Crippen LogP contribution in [0.5, 0.6) is 17.2 Å². The molecule has 13 heteroatoms. The number of fused-ring (bicyclic) bond motifs is 1. The maximum atomic E-state index is 13.0. The van der Waals surface area contributed by atoms with E-state index in [1.165, 1.54) is 51.1 Å². The van der Waals surface area contributed by atoms with E-state index in [1.54, 1.807) is 0 Å². The van der Waals surface area contributed by atoms with Gasteiger partial charge in [0.15, 0.2) is 23.6 Å². The lowest BCUT2D eigenvalue weighted by molar-refractivity contribution is -0.300. The number of aromatic hydroxyl groups is 2. The number of aliphatic hydroxyl groups excluding tert-OH is 2. The van der Waals surface area contributed by atoms with Gasteiger partial charge in [0.2, 0.25) is 6.29 Å². The number of aliphatic hydroxyl groups is 2. The number of hydrogen-bond acceptors (Lipinski definition) is 11. The number of phenolic OH excluding ortho intramolecular Hbond substituents is 1. The number of primary amides is 1. The molecule has 230 valence electrons. The number of hydrogen-bond donors (Lipinski definition) is 6. The van der Waals surface area contributed by atoms with Crippen LogP contribution < -0.4 is 21.4 Å². The lowest BCUT2D eigenvalue weighted by Gasteiger charge is -2.45. The molecule has 1 aliphatic rings. The minimum absolute atomic E-state index is 0.0115. The van der Waals surface area contributed by atoms with E-state index in [0.29, 0.717) is 12.0 Å². The summed E-state index contributed by atoms with van der Waals surface area (Å²) in [6.45, 7) is 8.33. The van der Waals surface area contributed by atoms with Crippen LogP contribution in [0.1, 0.15) is 49.2 Å². The van der Waals surface area contributed by atoms with Crippen LogP contribution in [0.3, 0.4) is 0 Å². The Kier molecular flexibility index (Phi) is 8.71. The van der Waals surface area contributed by atoms with Crippen molar-refractivity contribution in [2.24, 2.45) is 5.73 Å². The SMILES string of the molecule is CC(C)=CCc1cc(C(=O)Nc2c(O)c3ccc(O[C@@H]4OC(C)(C)[C@H](O)[C@@H](OC(N)=O)[C@H]4O)c(C)c3oc2=O)ccc1O. The van der Waals surface area contributed by atoms with Gasteiger partial charge in [0.25, 0.3) is 5.91 Å². The predicted molar refractivity (Wildman–Crippen MR) is 154 cm³/mol. The summed E-state index contributed by atoms with van der Waals surface area (Å²) in [4.78, 5) is 37.2. The molecule has 3 aromatic rings. The molecule has 13 nitrogen and oxygen atoms in total. The number of nitrogens with two attached hydrogens (primary N) is 1. The molecule has 0 bridgehead atoms. The second kappa shape index (κ2) is 12.0. The number of anilines is 1. The monoisotopic (exact) mass is 598 g/mol. The fourth-order valence-electron chi connectivity index (χ4n) is 4.66. The summed E-state index contributed by atoms with van der Waals surface area (Å²) in [5.74, 6) is -1.17. The van der Waals surface area contributed by atoms with E-state index < -0.39 is 59.3 Å². The third-order valence-electron chi connectivity index (χ3n) is 7.11. The zero-order valence-electron chi connectivity index (χ0n) is 24.2. The van der Waals surface area contributed by atoms with Crippen LogP contribution in [-0.4, -0.2) is 62.6 Å². The summed E-state index contributed by atoms with van der Waals surface area (Å²) in [6.07, 6.45) is -4.91. The minimum atomic E-state index is -1.65. The number of amides is 2. The third kappa shape index (κ3) is 6.43. The number of ether oxygens (including phenoxy) is 3. The number of aryl methyl sites for hydroxylation is 1. The Morgan fingerprint density at radius 1 is 1.14 bits per heavy atom. The number of rotatable bonds is 7. The molecule has 43 heavy (non-hydrogen) atoms. The van der Waals surface area contributed by atoms with E-state index >= 15 is 0 Å². The quantitative estimate of drug-likeness (QED) is 0.172. The molecule has 0 radical (unpaired) electrons. The minimum Gasteiger partial charge on any atom is -0.508 e. The molecule has 4 rings (SSSR count). The van der Waals surface area contributed by atoms with Crippen LogP contribution in [-0.2, 0) is 15.9 Å². The first-order valence-electron chi connectivity index (χ1n) is 13.3. The van der Waals surface area contributed by atoms with Gasteiger partial charge in [-0.2, -0.15) is 0 Å². The zero-order chi connectivity index (χ0) is 31.8. The van der Waals surface area contributed by atoms with E-state index in [4.69, 9.17) is 24.4 Å². The van der Waals surface area contributed by atoms with Gasteiger partial charge in [-0.05, 0) is 76.9 Å². The predicted octanol–water partition coefficient (Wildman–Crippen LogP) is 2.97. The van der Waals surface area contributed by atoms with Crippen molar-refractivity contribution in [3.05, 3.63) is 69.1 Å². The van der Waals surface area contributed by atoms with E-state index in [0.717, 1.165) is 5.57 Å². The fourth-order valence-corrected chi connectivity index (χ4v) is 4.66. The Bertz CT molecular complexity index is 1660. The molecule has 1 aliphatic heterocycles. The standard InChI is InChI=1S/C30H34N2O11/c1-13(2)6-7-15-12-16(8-10-18(15)33)26(37)32-20-21(34)17-9-11-19(14(3)23(17)41-27(20)38)40-28-22(35)24(42-29(31)39)25(36)30(4,5)43-28/h6,8-12,22,24-25,28,33-36H,7H2,1-5H3,(H2,31,39)(H,32,37)/t22-,24+,25-,28-/m1/s1. The molecular formula is C30H34N2O11. The molecule has 1 fully saturated rings. The summed E-state index contributed by atoms with van der Waals surface area (Å²) in [7, 11) is 0. The van der Waals surface area contributed by atoms with Crippen molar-refractivity contribution in [2.45, 2.75) is 71.2 Å². The van der Waals surface area contributed by atoms with Gasteiger partial charge in [0, 0.05) is 11.1 Å². The summed E-state index contributed by atoms with van der Waals surface area (Å²) in [5, 5.41) is 44.8. The average molecular weight is 599 g/mol. The zero-order valence-corrected chi connectivity index (χ0v) is 24.2. The fraction of sp³-hybridized carbons (Fsp3) is 0.367. The van der Waals surface area contributed by atoms with Crippen molar-refractivity contribution in [3.63, 3.8) is 0 Å². The summed E-state index contributed by atoms with van der Waals surface area (Å²) >= 11 is 0. The lowest BCUT2D eigenvalue weighted by Crippen LogP contribution is -2.64. The van der Waals surface area contributed by atoms with Gasteiger partial charge in [-0.15, -0.1) is 0 Å². The van der Waals surface area contributed by atoms with Crippen molar-refractivity contribution in [2.75, 3.05) is 5.32 Å². The molecule has 0 saturated carbocycles. The Morgan fingerprint density at radius 2 is 1.84 bits per heavy atom. The summed E-state index contributed by atoms with van der Waals surface area (Å²) in [6, 6.07) is 7.02. The van der Waals surface area contributed by atoms with E-state index in [1.807, 2.05) is 19.9 Å². The summed E-state index contributed by atoms with van der Waals surface area (Å²) < 4.78 is 21.9. The number of phenols is 1. The van der Waals surface area contributed by atoms with Crippen LogP contribution in [0, 0.1) is 6.92 Å². The van der Waals surface area contributed by atoms with Gasteiger partial charge in [-0.25, -0.2) is 9.59 Å². The van der Waals surface area contributed by atoms with Crippen molar-refractivity contribution in [3.8, 4) is 17.2 Å². The number of allylic oxidation sites excluding steroid dienone is 2. The normalized spacial score (nSPS) is 21.2. The van der Waals surface area contributed by atoms with Crippen LogP contribution in [0.2, 0.25) is 0 Å². The third-order valence-corrected chi connectivity index (χ3v) is 7.11. The Labute approximate surface area is 246 Å². The van der Waals surface area contributed by atoms with Crippen molar-refractivity contribution < 1.29 is 48.6 Å². The molecule has 2 aromatic carbocycles. The Balaban J connectivity index is 1.63. The number of carbonyl (C=O) groups is 2. The molecule has 2 amide bonds. The van der Waals surface area contributed by atoms with Gasteiger partial charge in [-0.1, -0.05) is 11.6 Å². The van der Waals surface area contributed by atoms with E-state index in [2.05, 4.69) is 5.32 Å². The maximum absolute atomic E-state index is 13.0. The Hall–Kier alpha value is -4.59. The Morgan fingerprint density at radius 3 is 2.49 bits per heavy atom. The molecule has 1 aromatic heterocycles. The van der Waals surface area contributed by atoms with E-state index in [9.17, 15) is 34.8 Å². The highest BCUT2D eigenvalue weighted by Gasteiger charge is 2.52. The van der Waals surface area contributed by atoms with Crippen LogP contribution in [0.15, 0.2) is 51.2 Å². The first-order chi connectivity index (χ1) is 20.1. The van der Waals surface area contributed by atoms with Gasteiger partial charge >= 0.3 is 11.7 Å². The number of benzene rings is 2. The van der Waals surface area contributed by atoms with Crippen molar-refractivity contribution >= 4 is 28.7 Å². The highest BCUT2D eigenvalue weighted by molar-refractivity contribution is 6.06. The molecule has 1 saturated heterocycles. The van der Waals surface area contributed by atoms with E-state index in [-0.39, 0.29) is 33.6 Å². The topological polar surface area (TPSA) is 211 Å². The molecule has 0 spiro atoms. The first-order valence-corrected chi connectivity index (χ1v) is 13.3. The van der Waals surface area contributed by atoms with Gasteiger partial charge in [0.1, 0.15) is 23.2 Å². The molecule has 2 heterocycles. The second-order valence-corrected chi connectivity index (χ2v) is 11.0. The first kappa shape index (κ1) is 31.3. The number of nitrogens with one attached hydrogen (secondary N) is 1. The van der Waals surface area contributed by atoms with Crippen molar-refractivity contribution in [1.82, 2.24) is 0 Å². The smallest absolute Gasteiger partial charge is 0.404 e. The van der Waals surface area contributed by atoms with Gasteiger partial charge in [-0.3, -0.25) is 4.79 Å². The average Bonchev–Trinajstić information content (AvgIpc) is 2.93. The molecule has 7 N–H and O–H groups in total. The largest absolute Gasteiger partial charge is 0.508 e. The van der Waals surface area contributed by atoms with Crippen molar-refractivity contribution in [1.29, 1.82) is 0 Å². The highest BCUT2D eigenvalue weighted by Crippen LogP contribution is 2.38. The van der Waals surface area contributed by atoms with Crippen LogP contribution in [0.4, 0.5) is 10.5 Å². The van der Waals surface area contributed by atoms with Crippen LogP contribution >= 0.6 is 0 Å². The summed E-state index contributed by atoms with van der Waals surface area (Å²) in [5.41, 5.74) is 4.08. The molecule has 4 atom stereocenters. The lowest BCUT2D eigenvalue weighted by atomic mass is 9.89. The highest BCUT2D eigenvalue weighted by atomic mass is 16.7.